The highest BCUT2D eigenvalue weighted by Crippen LogP contribution is 2.20. The van der Waals surface area contributed by atoms with Gasteiger partial charge < -0.3 is 20.2 Å². The Hall–Kier alpha value is -1.79. The van der Waals surface area contributed by atoms with E-state index < -0.39 is 5.97 Å². The average Bonchev–Trinajstić information content (AvgIpc) is 3.11. The van der Waals surface area contributed by atoms with Crippen molar-refractivity contribution < 1.29 is 19.5 Å². The predicted octanol–water partition coefficient (Wildman–Crippen LogP) is 1.68. The third-order valence-corrected chi connectivity index (χ3v) is 4.88. The SMILES string of the molecule is O=C(O)CCCCCNC(=O)C1CCN(C(=O)N2CCCC2)CC1. The summed E-state index contributed by atoms with van der Waals surface area (Å²) in [6.45, 7) is 3.64. The first-order valence-corrected chi connectivity index (χ1v) is 9.11. The molecule has 0 aliphatic carbocycles. The Bertz CT molecular complexity index is 441. The maximum atomic E-state index is 12.3. The van der Waals surface area contributed by atoms with E-state index in [0.717, 1.165) is 51.6 Å². The molecule has 7 heteroatoms. The lowest BCUT2D eigenvalue weighted by molar-refractivity contribution is -0.137. The topological polar surface area (TPSA) is 90.0 Å². The number of nitrogens with one attached hydrogen (secondary N) is 1. The molecular formula is C17H29N3O4. The van der Waals surface area contributed by atoms with E-state index in [1.807, 2.05) is 9.80 Å². The fraction of sp³-hybridized carbons (Fsp3) is 0.824. The van der Waals surface area contributed by atoms with Crippen LogP contribution in [0.3, 0.4) is 0 Å². The number of amides is 3. The third kappa shape index (κ3) is 5.69. The number of likely N-dealkylation sites (tertiary alicyclic amines) is 2. The zero-order valence-electron chi connectivity index (χ0n) is 14.3. The predicted molar refractivity (Wildman–Crippen MR) is 89.6 cm³/mol. The third-order valence-electron chi connectivity index (χ3n) is 4.88. The quantitative estimate of drug-likeness (QED) is 0.691. The molecule has 2 rings (SSSR count). The first-order chi connectivity index (χ1) is 11.6. The van der Waals surface area contributed by atoms with Crippen LogP contribution in [0.2, 0.25) is 0 Å². The number of piperidine rings is 1. The number of carbonyl (C=O) groups excluding carboxylic acids is 2. The highest BCUT2D eigenvalue weighted by Gasteiger charge is 2.30. The first-order valence-electron chi connectivity index (χ1n) is 9.11. The van der Waals surface area contributed by atoms with Crippen molar-refractivity contribution in [3.8, 4) is 0 Å². The Morgan fingerprint density at radius 3 is 2.17 bits per heavy atom. The monoisotopic (exact) mass is 339 g/mol. The molecule has 136 valence electrons. The van der Waals surface area contributed by atoms with Gasteiger partial charge in [0, 0.05) is 45.1 Å². The van der Waals surface area contributed by atoms with Crippen LogP contribution in [0.15, 0.2) is 0 Å². The van der Waals surface area contributed by atoms with Crippen LogP contribution in [0.5, 0.6) is 0 Å². The number of carbonyl (C=O) groups is 3. The number of hydrogen-bond donors (Lipinski definition) is 2. The van der Waals surface area contributed by atoms with Crippen molar-refractivity contribution in [2.75, 3.05) is 32.7 Å². The molecule has 2 aliphatic rings. The number of unbranched alkanes of at least 4 members (excludes halogenated alkanes) is 2. The van der Waals surface area contributed by atoms with Gasteiger partial charge in [0.1, 0.15) is 0 Å². The molecule has 2 N–H and O–H groups in total. The maximum absolute atomic E-state index is 12.3. The number of aliphatic carboxylic acids is 1. The van der Waals surface area contributed by atoms with Crippen LogP contribution >= 0.6 is 0 Å². The summed E-state index contributed by atoms with van der Waals surface area (Å²) < 4.78 is 0. The van der Waals surface area contributed by atoms with Gasteiger partial charge in [-0.25, -0.2) is 4.79 Å². The summed E-state index contributed by atoms with van der Waals surface area (Å²) in [5.74, 6) is -0.706. The van der Waals surface area contributed by atoms with Crippen LogP contribution in [0.25, 0.3) is 0 Å². The van der Waals surface area contributed by atoms with Crippen molar-refractivity contribution in [1.82, 2.24) is 15.1 Å². The van der Waals surface area contributed by atoms with Gasteiger partial charge in [0.05, 0.1) is 0 Å². The molecule has 2 heterocycles. The van der Waals surface area contributed by atoms with Crippen molar-refractivity contribution in [1.29, 1.82) is 0 Å². The minimum Gasteiger partial charge on any atom is -0.481 e. The minimum absolute atomic E-state index is 0.00773. The van der Waals surface area contributed by atoms with Crippen LogP contribution in [-0.2, 0) is 9.59 Å². The Kier molecular flexibility index (Phi) is 7.34. The molecule has 2 saturated heterocycles. The number of carboxylic acid groups (broad SMARTS) is 1. The van der Waals surface area contributed by atoms with Gasteiger partial charge in [-0.05, 0) is 38.5 Å². The van der Waals surface area contributed by atoms with Crippen molar-refractivity contribution in [2.45, 2.75) is 51.4 Å². The average molecular weight is 339 g/mol. The van der Waals surface area contributed by atoms with E-state index >= 15 is 0 Å². The van der Waals surface area contributed by atoms with Crippen molar-refractivity contribution in [2.24, 2.45) is 5.92 Å². The molecule has 3 amide bonds. The smallest absolute Gasteiger partial charge is 0.319 e. The Morgan fingerprint density at radius 1 is 0.917 bits per heavy atom. The summed E-state index contributed by atoms with van der Waals surface area (Å²) in [5, 5.41) is 11.5. The highest BCUT2D eigenvalue weighted by molar-refractivity contribution is 5.79. The maximum Gasteiger partial charge on any atom is 0.319 e. The van der Waals surface area contributed by atoms with E-state index in [4.69, 9.17) is 5.11 Å². The number of nitrogens with zero attached hydrogens (tertiary/aromatic N) is 2. The van der Waals surface area contributed by atoms with Gasteiger partial charge in [0.2, 0.25) is 5.91 Å². The van der Waals surface area contributed by atoms with E-state index in [1.165, 1.54) is 0 Å². The second-order valence-corrected chi connectivity index (χ2v) is 6.73. The van der Waals surface area contributed by atoms with Gasteiger partial charge in [0.15, 0.2) is 0 Å². The molecule has 24 heavy (non-hydrogen) atoms. The molecule has 0 aromatic heterocycles. The van der Waals surface area contributed by atoms with E-state index in [0.29, 0.717) is 26.1 Å². The molecule has 0 unspecified atom stereocenters. The molecule has 0 aromatic rings. The summed E-state index contributed by atoms with van der Waals surface area (Å²) in [5.41, 5.74) is 0. The van der Waals surface area contributed by atoms with Gasteiger partial charge in [-0.2, -0.15) is 0 Å². The summed E-state index contributed by atoms with van der Waals surface area (Å²) in [6.07, 6.45) is 6.11. The highest BCUT2D eigenvalue weighted by atomic mass is 16.4. The standard InChI is InChI=1S/C17H29N3O4/c21-15(22)6-2-1-3-9-18-16(23)14-7-12-20(13-8-14)17(24)19-10-4-5-11-19/h14H,1-13H2,(H,18,23)(H,21,22). The lowest BCUT2D eigenvalue weighted by atomic mass is 9.96. The van der Waals surface area contributed by atoms with E-state index in [-0.39, 0.29) is 24.3 Å². The molecule has 0 saturated carbocycles. The van der Waals surface area contributed by atoms with Gasteiger partial charge in [-0.1, -0.05) is 6.42 Å². The van der Waals surface area contributed by atoms with Gasteiger partial charge in [0.25, 0.3) is 0 Å². The van der Waals surface area contributed by atoms with Gasteiger partial charge in [-0.15, -0.1) is 0 Å². The summed E-state index contributed by atoms with van der Waals surface area (Å²) in [6, 6.07) is 0.129. The normalized spacial score (nSPS) is 18.7. The Balaban J connectivity index is 1.58. The van der Waals surface area contributed by atoms with E-state index in [1.54, 1.807) is 0 Å². The molecule has 0 radical (unpaired) electrons. The molecule has 0 aromatic carbocycles. The fourth-order valence-electron chi connectivity index (χ4n) is 3.38. The lowest BCUT2D eigenvalue weighted by Crippen LogP contribution is -2.47. The number of rotatable bonds is 7. The summed E-state index contributed by atoms with van der Waals surface area (Å²) >= 11 is 0. The fourth-order valence-corrected chi connectivity index (χ4v) is 3.38. The van der Waals surface area contributed by atoms with Crippen LogP contribution in [0.4, 0.5) is 4.79 Å². The largest absolute Gasteiger partial charge is 0.481 e. The van der Waals surface area contributed by atoms with Crippen molar-refractivity contribution >= 4 is 17.9 Å². The van der Waals surface area contributed by atoms with Gasteiger partial charge in [-0.3, -0.25) is 9.59 Å². The minimum atomic E-state index is -0.769. The molecule has 7 nitrogen and oxygen atoms in total. The van der Waals surface area contributed by atoms with Crippen LogP contribution in [-0.4, -0.2) is 65.5 Å². The Morgan fingerprint density at radius 2 is 1.54 bits per heavy atom. The molecule has 0 spiro atoms. The van der Waals surface area contributed by atoms with E-state index in [9.17, 15) is 14.4 Å². The lowest BCUT2D eigenvalue weighted by Gasteiger charge is -2.34. The first kappa shape index (κ1) is 18.5. The number of hydrogen-bond acceptors (Lipinski definition) is 3. The number of urea groups is 1. The van der Waals surface area contributed by atoms with E-state index in [2.05, 4.69) is 5.32 Å². The zero-order valence-corrected chi connectivity index (χ0v) is 14.3. The van der Waals surface area contributed by atoms with Crippen molar-refractivity contribution in [3.05, 3.63) is 0 Å². The second-order valence-electron chi connectivity index (χ2n) is 6.73. The molecule has 2 fully saturated rings. The molecular weight excluding hydrogens is 310 g/mol. The zero-order chi connectivity index (χ0) is 17.4. The van der Waals surface area contributed by atoms with Crippen LogP contribution in [0, 0.1) is 5.92 Å². The van der Waals surface area contributed by atoms with Crippen LogP contribution in [0.1, 0.15) is 51.4 Å². The number of carboxylic acids is 1. The Labute approximate surface area is 143 Å². The summed E-state index contributed by atoms with van der Waals surface area (Å²) in [7, 11) is 0. The molecule has 0 bridgehead atoms. The molecule has 2 aliphatic heterocycles. The second kappa shape index (κ2) is 9.49. The van der Waals surface area contributed by atoms with Gasteiger partial charge >= 0.3 is 12.0 Å². The molecule has 0 atom stereocenters. The van der Waals surface area contributed by atoms with Crippen LogP contribution < -0.4 is 5.32 Å². The summed E-state index contributed by atoms with van der Waals surface area (Å²) in [4.78, 5) is 38.7. The van der Waals surface area contributed by atoms with Crippen molar-refractivity contribution in [3.63, 3.8) is 0 Å².